The molecule has 9 heteroatoms. The molecule has 3 aliphatic rings. The molecule has 0 N–H and O–H groups in total. The van der Waals surface area contributed by atoms with E-state index in [1.54, 1.807) is 70.6 Å². The lowest BCUT2D eigenvalue weighted by Crippen LogP contribution is -1.96. The second-order valence-electron chi connectivity index (χ2n) is 5.57. The summed E-state index contributed by atoms with van der Waals surface area (Å²) in [6.45, 7) is 0. The molecule has 0 bridgehead atoms. The van der Waals surface area contributed by atoms with Crippen LogP contribution in [0.4, 0.5) is 0 Å². The summed E-state index contributed by atoms with van der Waals surface area (Å²) < 4.78 is 7.63. The van der Waals surface area contributed by atoms with E-state index in [2.05, 4.69) is 31.1 Å². The molecule has 1 nitrogen and oxygen atoms in total. The number of carbonyl (C=O) groups excluding carboxylic acids is 1. The number of fused-ring (bicyclic) bond motifs is 1. The Morgan fingerprint density at radius 3 is 1.43 bits per heavy atom. The first-order chi connectivity index (χ1) is 13.6. The van der Waals surface area contributed by atoms with Gasteiger partial charge in [-0.05, 0) is 30.6 Å². The molecule has 1 aromatic carbocycles. The fraction of sp³-hybridized carbons (Fsp3) is 0.211. The first-order valence-corrected chi connectivity index (χ1v) is 16.3. The monoisotopic (exact) mass is 516 g/mol. The fourth-order valence-electron chi connectivity index (χ4n) is 2.94. The van der Waals surface area contributed by atoms with Crippen molar-refractivity contribution >= 4 is 105 Å². The van der Waals surface area contributed by atoms with Gasteiger partial charge in [0.1, 0.15) is 0 Å². The summed E-state index contributed by atoms with van der Waals surface area (Å²) in [4.78, 5) is 13.4. The van der Waals surface area contributed by atoms with Crippen LogP contribution in [-0.4, -0.2) is 30.8 Å². The van der Waals surface area contributed by atoms with Crippen molar-refractivity contribution in [3.8, 4) is 0 Å². The van der Waals surface area contributed by atoms with Crippen molar-refractivity contribution in [1.29, 1.82) is 0 Å². The van der Waals surface area contributed by atoms with E-state index < -0.39 is 0 Å². The highest BCUT2D eigenvalue weighted by molar-refractivity contribution is 8.41. The Labute approximate surface area is 200 Å². The standard InChI is InChI=1S/C19H16OS8/c1-21-16-17(22-2)26-14(25-16)11-9-7-5-6-8-10(9)13(20)12(11)15-27-18(23-3)19(24-4)28-15/h5-8H,1-4H3. The average molecular weight is 517 g/mol. The van der Waals surface area contributed by atoms with Gasteiger partial charge in [0, 0.05) is 11.1 Å². The first-order valence-electron chi connectivity index (χ1n) is 8.11. The van der Waals surface area contributed by atoms with Gasteiger partial charge in [0.25, 0.3) is 0 Å². The Bertz CT molecular complexity index is 949. The molecule has 0 saturated carbocycles. The van der Waals surface area contributed by atoms with Gasteiger partial charge in [-0.25, -0.2) is 0 Å². The third-order valence-electron chi connectivity index (χ3n) is 4.14. The Kier molecular flexibility index (Phi) is 7.36. The van der Waals surface area contributed by atoms with Crippen LogP contribution in [-0.2, 0) is 0 Å². The van der Waals surface area contributed by atoms with E-state index >= 15 is 0 Å². The van der Waals surface area contributed by atoms with E-state index in [9.17, 15) is 4.79 Å². The van der Waals surface area contributed by atoms with Crippen LogP contribution < -0.4 is 0 Å². The minimum absolute atomic E-state index is 0.167. The number of allylic oxidation sites excluding steroid dienone is 2. The predicted molar refractivity (Wildman–Crippen MR) is 143 cm³/mol. The zero-order valence-corrected chi connectivity index (χ0v) is 22.0. The molecule has 0 aromatic heterocycles. The van der Waals surface area contributed by atoms with E-state index in [0.29, 0.717) is 0 Å². The number of carbonyl (C=O) groups is 1. The number of rotatable bonds is 4. The number of hydrogen-bond acceptors (Lipinski definition) is 9. The van der Waals surface area contributed by atoms with Crippen molar-refractivity contribution in [2.24, 2.45) is 0 Å². The molecule has 2 aliphatic heterocycles. The maximum absolute atomic E-state index is 13.4. The molecule has 0 atom stereocenters. The maximum Gasteiger partial charge on any atom is 0.196 e. The average Bonchev–Trinajstić information content (AvgIpc) is 3.41. The second kappa shape index (κ2) is 9.42. The van der Waals surface area contributed by atoms with E-state index in [-0.39, 0.29) is 5.78 Å². The van der Waals surface area contributed by atoms with Gasteiger partial charge in [-0.2, -0.15) is 0 Å². The van der Waals surface area contributed by atoms with Crippen LogP contribution in [0.5, 0.6) is 0 Å². The van der Waals surface area contributed by atoms with Gasteiger partial charge in [0.15, 0.2) is 5.78 Å². The highest BCUT2D eigenvalue weighted by Crippen LogP contribution is 2.64. The zero-order chi connectivity index (χ0) is 19.8. The van der Waals surface area contributed by atoms with Gasteiger partial charge in [0.05, 0.1) is 31.0 Å². The van der Waals surface area contributed by atoms with Gasteiger partial charge in [0.2, 0.25) is 0 Å². The van der Waals surface area contributed by atoms with Crippen LogP contribution >= 0.6 is 94.1 Å². The number of hydrogen-bond donors (Lipinski definition) is 0. The van der Waals surface area contributed by atoms with Gasteiger partial charge < -0.3 is 0 Å². The normalized spacial score (nSPS) is 19.6. The summed E-state index contributed by atoms with van der Waals surface area (Å²) in [7, 11) is 0. The van der Waals surface area contributed by atoms with Gasteiger partial charge in [-0.3, -0.25) is 4.79 Å². The van der Waals surface area contributed by atoms with E-state index in [4.69, 9.17) is 0 Å². The van der Waals surface area contributed by atoms with Gasteiger partial charge in [-0.1, -0.05) is 71.3 Å². The lowest BCUT2D eigenvalue weighted by atomic mass is 10.1. The van der Waals surface area contributed by atoms with Crippen LogP contribution in [0.2, 0.25) is 0 Å². The molecule has 0 saturated heterocycles. The Hall–Kier alpha value is 0.650. The number of benzene rings is 1. The van der Waals surface area contributed by atoms with Gasteiger partial charge >= 0.3 is 0 Å². The zero-order valence-electron chi connectivity index (χ0n) is 15.5. The topological polar surface area (TPSA) is 17.1 Å². The van der Waals surface area contributed by atoms with E-state index in [1.807, 2.05) is 41.7 Å². The lowest BCUT2D eigenvalue weighted by Gasteiger charge is -2.09. The first kappa shape index (κ1) is 21.9. The second-order valence-corrected chi connectivity index (χ2v) is 14.5. The molecule has 0 spiro atoms. The quantitative estimate of drug-likeness (QED) is 0.363. The highest BCUT2D eigenvalue weighted by Gasteiger charge is 2.39. The Balaban J connectivity index is 1.87. The lowest BCUT2D eigenvalue weighted by molar-refractivity contribution is 0.104. The summed E-state index contributed by atoms with van der Waals surface area (Å²) in [5.74, 6) is 0.167. The Morgan fingerprint density at radius 2 is 1.00 bits per heavy atom. The fourth-order valence-corrected chi connectivity index (χ4v) is 13.1. The molecule has 146 valence electrons. The third kappa shape index (κ3) is 3.83. The summed E-state index contributed by atoms with van der Waals surface area (Å²) in [5, 5.41) is 0. The largest absolute Gasteiger partial charge is 0.288 e. The SMILES string of the molecule is CSC1=C(SC)SC(=C2C(=O)c3ccccc3C2=C2SC(SC)=C(SC)S2)S1. The van der Waals surface area contributed by atoms with Crippen molar-refractivity contribution < 1.29 is 4.79 Å². The van der Waals surface area contributed by atoms with E-state index in [1.165, 1.54) is 21.2 Å². The van der Waals surface area contributed by atoms with Crippen LogP contribution in [0.15, 0.2) is 55.3 Å². The number of ketones is 1. The van der Waals surface area contributed by atoms with Crippen LogP contribution in [0, 0.1) is 0 Å². The third-order valence-corrected chi connectivity index (χ3v) is 14.6. The molecule has 0 unspecified atom stereocenters. The van der Waals surface area contributed by atoms with Crippen molar-refractivity contribution in [3.05, 3.63) is 66.4 Å². The van der Waals surface area contributed by atoms with Crippen LogP contribution in [0.25, 0.3) is 5.57 Å². The molecular weight excluding hydrogens is 501 g/mol. The number of thioether (sulfide) groups is 8. The number of Topliss-reactive ketones (excluding diaryl/α,β-unsaturated/α-hetero) is 1. The minimum Gasteiger partial charge on any atom is -0.288 e. The van der Waals surface area contributed by atoms with Crippen LogP contribution in [0.3, 0.4) is 0 Å². The molecular formula is C19H16OS8. The molecule has 2 heterocycles. The molecule has 1 aliphatic carbocycles. The molecule has 4 rings (SSSR count). The molecule has 0 amide bonds. The summed E-state index contributed by atoms with van der Waals surface area (Å²) >= 11 is 14.3. The molecule has 0 radical (unpaired) electrons. The smallest absolute Gasteiger partial charge is 0.196 e. The van der Waals surface area contributed by atoms with Crippen LogP contribution in [0.1, 0.15) is 15.9 Å². The molecule has 1 aromatic rings. The van der Waals surface area contributed by atoms with Crippen molar-refractivity contribution in [3.63, 3.8) is 0 Å². The summed E-state index contributed by atoms with van der Waals surface area (Å²) in [6, 6.07) is 8.07. The minimum atomic E-state index is 0.167. The van der Waals surface area contributed by atoms with Crippen molar-refractivity contribution in [2.75, 3.05) is 25.0 Å². The molecule has 28 heavy (non-hydrogen) atoms. The molecule has 0 fully saturated rings. The van der Waals surface area contributed by atoms with Gasteiger partial charge in [-0.15, -0.1) is 47.0 Å². The van der Waals surface area contributed by atoms with Crippen molar-refractivity contribution in [2.45, 2.75) is 0 Å². The predicted octanol–water partition coefficient (Wildman–Crippen LogP) is 8.43. The highest BCUT2D eigenvalue weighted by atomic mass is 32.3. The Morgan fingerprint density at radius 1 is 0.607 bits per heavy atom. The van der Waals surface area contributed by atoms with E-state index in [0.717, 1.165) is 26.5 Å². The van der Waals surface area contributed by atoms with Crippen molar-refractivity contribution in [1.82, 2.24) is 0 Å². The summed E-state index contributed by atoms with van der Waals surface area (Å²) in [5.41, 5.74) is 3.94. The maximum atomic E-state index is 13.4. The summed E-state index contributed by atoms with van der Waals surface area (Å²) in [6.07, 6.45) is 8.47.